The Labute approximate surface area is 304 Å². The lowest BCUT2D eigenvalue weighted by Gasteiger charge is -2.39. The molecule has 0 bridgehead atoms. The van der Waals surface area contributed by atoms with Crippen LogP contribution in [0.4, 0.5) is 4.79 Å². The molecule has 0 spiro atoms. The van der Waals surface area contributed by atoms with Gasteiger partial charge in [0.25, 0.3) is 0 Å². The molecule has 0 fully saturated rings. The summed E-state index contributed by atoms with van der Waals surface area (Å²) in [6, 6.07) is 24.2. The lowest BCUT2D eigenvalue weighted by molar-refractivity contribution is -0.159. The van der Waals surface area contributed by atoms with E-state index in [2.05, 4.69) is 24.5 Å². The Balaban J connectivity index is 2.14. The van der Waals surface area contributed by atoms with Gasteiger partial charge in [-0.3, -0.25) is 9.59 Å². The van der Waals surface area contributed by atoms with Gasteiger partial charge in [0.15, 0.2) is 0 Å². The standard InChI is InChI=1S/C42H57N3O6/c1-29(2)25-26-30(3)45(38(47)34(27-31-19-13-10-14-20-31)44-40(49)51-42(7,8)9)36(33-23-17-12-18-24-33)37(46)43-35(39(48)50-41(4,5)6)28-32-21-15-11-16-22-32/h10-24,29-30,34-36H,25-28H2,1-9H3,(H,43,46)(H,44,49). The molecule has 2 N–H and O–H groups in total. The van der Waals surface area contributed by atoms with Gasteiger partial charge in [-0.15, -0.1) is 0 Å². The highest BCUT2D eigenvalue weighted by Crippen LogP contribution is 2.29. The zero-order valence-electron chi connectivity index (χ0n) is 31.8. The van der Waals surface area contributed by atoms with Crippen LogP contribution in [0.1, 0.15) is 97.9 Å². The molecule has 0 aliphatic carbocycles. The van der Waals surface area contributed by atoms with E-state index < -0.39 is 59.2 Å². The first kappa shape index (κ1) is 40.8. The Hall–Kier alpha value is -4.66. The fraction of sp³-hybridized carbons (Fsp3) is 0.476. The van der Waals surface area contributed by atoms with E-state index in [4.69, 9.17) is 9.47 Å². The third-order valence-electron chi connectivity index (χ3n) is 8.10. The number of carbonyl (C=O) groups is 4. The average molecular weight is 700 g/mol. The minimum absolute atomic E-state index is 0.171. The van der Waals surface area contributed by atoms with Gasteiger partial charge in [-0.05, 0) is 83.9 Å². The van der Waals surface area contributed by atoms with Gasteiger partial charge in [0.2, 0.25) is 11.8 Å². The highest BCUT2D eigenvalue weighted by atomic mass is 16.6. The Bertz CT molecular complexity index is 1550. The summed E-state index contributed by atoms with van der Waals surface area (Å²) in [4.78, 5) is 58.2. The number of ether oxygens (including phenoxy) is 2. The molecule has 3 rings (SSSR count). The van der Waals surface area contributed by atoms with Crippen LogP contribution in [-0.4, -0.2) is 58.1 Å². The van der Waals surface area contributed by atoms with Crippen LogP contribution in [0.5, 0.6) is 0 Å². The maximum Gasteiger partial charge on any atom is 0.408 e. The van der Waals surface area contributed by atoms with E-state index in [1.807, 2.05) is 85.8 Å². The van der Waals surface area contributed by atoms with Crippen molar-refractivity contribution in [2.75, 3.05) is 0 Å². The molecule has 9 nitrogen and oxygen atoms in total. The highest BCUT2D eigenvalue weighted by molar-refractivity contribution is 5.94. The van der Waals surface area contributed by atoms with Crippen LogP contribution in [-0.2, 0) is 36.7 Å². The van der Waals surface area contributed by atoms with Crippen molar-refractivity contribution in [3.05, 3.63) is 108 Å². The van der Waals surface area contributed by atoms with Crippen LogP contribution < -0.4 is 10.6 Å². The molecule has 0 aromatic heterocycles. The number of carbonyl (C=O) groups excluding carboxylic acids is 4. The SMILES string of the molecule is CC(C)CCC(C)N(C(=O)C(Cc1ccccc1)NC(=O)OC(C)(C)C)C(C(=O)NC(Cc1ccccc1)C(=O)OC(C)(C)C)c1ccccc1. The van der Waals surface area contributed by atoms with Crippen molar-refractivity contribution in [2.24, 2.45) is 5.92 Å². The molecular formula is C42H57N3O6. The van der Waals surface area contributed by atoms with Crippen molar-refractivity contribution in [3.8, 4) is 0 Å². The summed E-state index contributed by atoms with van der Waals surface area (Å²) in [5, 5.41) is 5.81. The number of hydrogen-bond acceptors (Lipinski definition) is 6. The van der Waals surface area contributed by atoms with Gasteiger partial charge in [0.05, 0.1) is 0 Å². The first-order valence-electron chi connectivity index (χ1n) is 17.9. The topological polar surface area (TPSA) is 114 Å². The second-order valence-corrected chi connectivity index (χ2v) is 15.6. The van der Waals surface area contributed by atoms with Crippen molar-refractivity contribution in [3.63, 3.8) is 0 Å². The van der Waals surface area contributed by atoms with E-state index in [1.165, 1.54) is 0 Å². The quantitative estimate of drug-likeness (QED) is 0.158. The molecule has 3 amide bonds. The summed E-state index contributed by atoms with van der Waals surface area (Å²) >= 11 is 0. The summed E-state index contributed by atoms with van der Waals surface area (Å²) in [5.41, 5.74) is 0.651. The van der Waals surface area contributed by atoms with Gasteiger partial charge in [0, 0.05) is 18.9 Å². The fourth-order valence-corrected chi connectivity index (χ4v) is 5.73. The van der Waals surface area contributed by atoms with E-state index in [9.17, 15) is 14.4 Å². The lowest BCUT2D eigenvalue weighted by atomic mass is 9.95. The predicted molar refractivity (Wildman–Crippen MR) is 201 cm³/mol. The van der Waals surface area contributed by atoms with E-state index in [1.54, 1.807) is 58.6 Å². The van der Waals surface area contributed by atoms with Crippen molar-refractivity contribution >= 4 is 23.9 Å². The third kappa shape index (κ3) is 13.9. The number of esters is 1. The maximum atomic E-state index is 15.0. The molecule has 4 unspecified atom stereocenters. The molecule has 0 radical (unpaired) electrons. The van der Waals surface area contributed by atoms with Crippen LogP contribution in [0.3, 0.4) is 0 Å². The molecule has 9 heteroatoms. The summed E-state index contributed by atoms with van der Waals surface area (Å²) in [6.45, 7) is 16.7. The van der Waals surface area contributed by atoms with Gasteiger partial charge >= 0.3 is 12.1 Å². The van der Waals surface area contributed by atoms with Crippen LogP contribution >= 0.6 is 0 Å². The Morgan fingerprint density at radius 3 is 1.57 bits per heavy atom. The lowest BCUT2D eigenvalue weighted by Crippen LogP contribution is -2.57. The summed E-state index contributed by atoms with van der Waals surface area (Å²) in [5.74, 6) is -1.21. The molecule has 276 valence electrons. The van der Waals surface area contributed by atoms with Crippen LogP contribution in [0.15, 0.2) is 91.0 Å². The van der Waals surface area contributed by atoms with Crippen LogP contribution in [0, 0.1) is 5.92 Å². The molecular weight excluding hydrogens is 642 g/mol. The van der Waals surface area contributed by atoms with Gasteiger partial charge in [-0.2, -0.15) is 0 Å². The first-order valence-corrected chi connectivity index (χ1v) is 17.9. The Morgan fingerprint density at radius 2 is 1.10 bits per heavy atom. The second-order valence-electron chi connectivity index (χ2n) is 15.6. The number of amides is 3. The molecule has 0 aliphatic heterocycles. The van der Waals surface area contributed by atoms with Gasteiger partial charge in [0.1, 0.15) is 29.3 Å². The van der Waals surface area contributed by atoms with E-state index in [0.717, 1.165) is 17.5 Å². The van der Waals surface area contributed by atoms with E-state index in [0.29, 0.717) is 17.9 Å². The van der Waals surface area contributed by atoms with Gasteiger partial charge in [-0.1, -0.05) is 105 Å². The first-order chi connectivity index (χ1) is 23.9. The van der Waals surface area contributed by atoms with Gasteiger partial charge < -0.3 is 25.0 Å². The summed E-state index contributed by atoms with van der Waals surface area (Å²) < 4.78 is 11.4. The fourth-order valence-electron chi connectivity index (χ4n) is 5.73. The van der Waals surface area contributed by atoms with Crippen molar-refractivity contribution in [1.29, 1.82) is 0 Å². The van der Waals surface area contributed by atoms with Crippen molar-refractivity contribution < 1.29 is 28.7 Å². The Morgan fingerprint density at radius 1 is 0.627 bits per heavy atom. The molecule has 0 heterocycles. The third-order valence-corrected chi connectivity index (χ3v) is 8.10. The highest BCUT2D eigenvalue weighted by Gasteiger charge is 2.40. The summed E-state index contributed by atoms with van der Waals surface area (Å²) in [7, 11) is 0. The molecule has 0 aliphatic rings. The average Bonchev–Trinajstić information content (AvgIpc) is 3.04. The van der Waals surface area contributed by atoms with E-state index in [-0.39, 0.29) is 12.8 Å². The number of alkyl carbamates (subject to hydrolysis) is 1. The minimum atomic E-state index is -1.14. The molecule has 0 saturated carbocycles. The largest absolute Gasteiger partial charge is 0.458 e. The molecule has 51 heavy (non-hydrogen) atoms. The van der Waals surface area contributed by atoms with Crippen LogP contribution in [0.25, 0.3) is 0 Å². The minimum Gasteiger partial charge on any atom is -0.458 e. The molecule has 3 aromatic rings. The smallest absolute Gasteiger partial charge is 0.408 e. The molecule has 3 aromatic carbocycles. The predicted octanol–water partition coefficient (Wildman–Crippen LogP) is 7.59. The molecule has 4 atom stereocenters. The van der Waals surface area contributed by atoms with Crippen LogP contribution in [0.2, 0.25) is 0 Å². The monoisotopic (exact) mass is 699 g/mol. The van der Waals surface area contributed by atoms with Crippen molar-refractivity contribution in [1.82, 2.24) is 15.5 Å². The molecule has 0 saturated heterocycles. The Kier molecular flexibility index (Phi) is 14.8. The van der Waals surface area contributed by atoms with E-state index >= 15 is 4.79 Å². The zero-order valence-corrected chi connectivity index (χ0v) is 31.8. The number of nitrogens with zero attached hydrogens (tertiary/aromatic N) is 1. The summed E-state index contributed by atoms with van der Waals surface area (Å²) in [6.07, 6.45) is 1.02. The van der Waals surface area contributed by atoms with Gasteiger partial charge in [-0.25, -0.2) is 9.59 Å². The normalized spacial score (nSPS) is 14.1. The number of hydrogen-bond donors (Lipinski definition) is 2. The number of benzene rings is 3. The maximum absolute atomic E-state index is 15.0. The number of rotatable bonds is 15. The number of nitrogens with one attached hydrogen (secondary N) is 2. The second kappa shape index (κ2) is 18.5. The van der Waals surface area contributed by atoms with Crippen molar-refractivity contribution in [2.45, 2.75) is 123 Å². The zero-order chi connectivity index (χ0) is 37.8.